The molecule has 1 amide bonds. The van der Waals surface area contributed by atoms with E-state index in [2.05, 4.69) is 26.1 Å². The molecule has 116 valence electrons. The molecule has 0 aliphatic rings. The summed E-state index contributed by atoms with van der Waals surface area (Å²) in [6.45, 7) is 6.38. The molecule has 0 aliphatic heterocycles. The van der Waals surface area contributed by atoms with Crippen molar-refractivity contribution >= 4 is 11.6 Å². The molecule has 0 saturated heterocycles. The van der Waals surface area contributed by atoms with Gasteiger partial charge in [-0.3, -0.25) is 4.79 Å². The Kier molecular flexibility index (Phi) is 4.99. The number of amides is 1. The van der Waals surface area contributed by atoms with Crippen molar-refractivity contribution in [2.45, 2.75) is 38.6 Å². The van der Waals surface area contributed by atoms with Crippen LogP contribution in [0.1, 0.15) is 31.9 Å². The topological polar surface area (TPSA) is 55.1 Å². The number of anilines is 1. The Balaban J connectivity index is 2.09. The summed E-state index contributed by atoms with van der Waals surface area (Å²) in [5.41, 5.74) is 9.02. The van der Waals surface area contributed by atoms with Crippen LogP contribution in [0.25, 0.3) is 0 Å². The molecule has 0 bridgehead atoms. The summed E-state index contributed by atoms with van der Waals surface area (Å²) in [6.07, 6.45) is 0.532. The van der Waals surface area contributed by atoms with Crippen LogP contribution in [-0.4, -0.2) is 11.9 Å². The number of carbonyl (C=O) groups is 1. The summed E-state index contributed by atoms with van der Waals surface area (Å²) in [6, 6.07) is 17.1. The van der Waals surface area contributed by atoms with Crippen molar-refractivity contribution in [3.05, 3.63) is 65.7 Å². The number of carbonyl (C=O) groups excluding carboxylic acids is 1. The third kappa shape index (κ3) is 4.18. The SMILES string of the molecule is CC(C)(C)c1ccccc1NC(=O)C(N)Cc1ccccc1. The zero-order valence-corrected chi connectivity index (χ0v) is 13.5. The van der Waals surface area contributed by atoms with Crippen LogP contribution >= 0.6 is 0 Å². The summed E-state index contributed by atoms with van der Waals surface area (Å²) in [4.78, 5) is 12.4. The number of rotatable bonds is 4. The van der Waals surface area contributed by atoms with Crippen LogP contribution in [0.15, 0.2) is 54.6 Å². The molecule has 1 unspecified atom stereocenters. The molecule has 0 heterocycles. The molecule has 0 radical (unpaired) electrons. The van der Waals surface area contributed by atoms with Gasteiger partial charge in [-0.15, -0.1) is 0 Å². The number of benzene rings is 2. The zero-order chi connectivity index (χ0) is 16.2. The van der Waals surface area contributed by atoms with E-state index in [0.717, 1.165) is 16.8 Å². The molecule has 1 atom stereocenters. The van der Waals surface area contributed by atoms with Gasteiger partial charge in [0.05, 0.1) is 6.04 Å². The van der Waals surface area contributed by atoms with E-state index in [1.165, 1.54) is 0 Å². The molecule has 0 aliphatic carbocycles. The molecule has 2 aromatic carbocycles. The van der Waals surface area contributed by atoms with E-state index in [1.54, 1.807) is 0 Å². The van der Waals surface area contributed by atoms with Crippen LogP contribution < -0.4 is 11.1 Å². The zero-order valence-electron chi connectivity index (χ0n) is 13.5. The summed E-state index contributed by atoms with van der Waals surface area (Å²) >= 11 is 0. The van der Waals surface area contributed by atoms with Gasteiger partial charge in [-0.2, -0.15) is 0 Å². The standard InChI is InChI=1S/C19H24N2O/c1-19(2,3)15-11-7-8-12-17(15)21-18(22)16(20)13-14-9-5-4-6-10-14/h4-12,16H,13,20H2,1-3H3,(H,21,22). The largest absolute Gasteiger partial charge is 0.324 e. The van der Waals surface area contributed by atoms with Crippen molar-refractivity contribution in [3.63, 3.8) is 0 Å². The molecule has 3 nitrogen and oxygen atoms in total. The summed E-state index contributed by atoms with van der Waals surface area (Å²) < 4.78 is 0. The van der Waals surface area contributed by atoms with E-state index < -0.39 is 6.04 Å². The molecular weight excluding hydrogens is 272 g/mol. The van der Waals surface area contributed by atoms with E-state index in [9.17, 15) is 4.79 Å². The van der Waals surface area contributed by atoms with Gasteiger partial charge in [0.2, 0.25) is 5.91 Å². The van der Waals surface area contributed by atoms with Crippen molar-refractivity contribution in [2.24, 2.45) is 5.73 Å². The Bertz CT molecular complexity index is 629. The van der Waals surface area contributed by atoms with Crippen molar-refractivity contribution < 1.29 is 4.79 Å². The lowest BCUT2D eigenvalue weighted by Gasteiger charge is -2.23. The highest BCUT2D eigenvalue weighted by molar-refractivity contribution is 5.95. The van der Waals surface area contributed by atoms with Gasteiger partial charge in [-0.05, 0) is 29.0 Å². The fourth-order valence-electron chi connectivity index (χ4n) is 2.43. The van der Waals surface area contributed by atoms with Crippen LogP contribution in [0.5, 0.6) is 0 Å². The van der Waals surface area contributed by atoms with Crippen molar-refractivity contribution in [1.82, 2.24) is 0 Å². The summed E-state index contributed by atoms with van der Waals surface area (Å²) in [5, 5.41) is 2.97. The Morgan fingerprint density at radius 3 is 2.27 bits per heavy atom. The third-order valence-corrected chi connectivity index (χ3v) is 3.63. The van der Waals surface area contributed by atoms with Gasteiger partial charge in [-0.25, -0.2) is 0 Å². The monoisotopic (exact) mass is 296 g/mol. The van der Waals surface area contributed by atoms with Gasteiger partial charge in [0.15, 0.2) is 0 Å². The third-order valence-electron chi connectivity index (χ3n) is 3.63. The van der Waals surface area contributed by atoms with E-state index >= 15 is 0 Å². The van der Waals surface area contributed by atoms with Crippen molar-refractivity contribution in [1.29, 1.82) is 0 Å². The number of hydrogen-bond donors (Lipinski definition) is 2. The first-order valence-corrected chi connectivity index (χ1v) is 7.58. The Hall–Kier alpha value is -2.13. The highest BCUT2D eigenvalue weighted by atomic mass is 16.2. The summed E-state index contributed by atoms with van der Waals surface area (Å²) in [7, 11) is 0. The molecule has 3 N–H and O–H groups in total. The first-order valence-electron chi connectivity index (χ1n) is 7.58. The predicted octanol–water partition coefficient (Wildman–Crippen LogP) is 3.49. The smallest absolute Gasteiger partial charge is 0.241 e. The van der Waals surface area contributed by atoms with Crippen molar-refractivity contribution in [3.8, 4) is 0 Å². The molecule has 0 saturated carbocycles. The molecule has 0 aromatic heterocycles. The average Bonchev–Trinajstić information content (AvgIpc) is 2.47. The molecule has 22 heavy (non-hydrogen) atoms. The maximum absolute atomic E-state index is 12.4. The maximum Gasteiger partial charge on any atom is 0.241 e. The fraction of sp³-hybridized carbons (Fsp3) is 0.316. The Labute approximate surface area is 132 Å². The minimum Gasteiger partial charge on any atom is -0.324 e. The van der Waals surface area contributed by atoms with Gasteiger partial charge in [0, 0.05) is 5.69 Å². The van der Waals surface area contributed by atoms with Crippen LogP contribution in [0, 0.1) is 0 Å². The van der Waals surface area contributed by atoms with E-state index in [0.29, 0.717) is 6.42 Å². The molecule has 2 rings (SSSR count). The van der Waals surface area contributed by atoms with Gasteiger partial charge in [0.25, 0.3) is 0 Å². The van der Waals surface area contributed by atoms with Crippen molar-refractivity contribution in [2.75, 3.05) is 5.32 Å². The maximum atomic E-state index is 12.4. The Morgan fingerprint density at radius 1 is 1.05 bits per heavy atom. The van der Waals surface area contributed by atoms with Gasteiger partial charge >= 0.3 is 0 Å². The molecule has 0 spiro atoms. The predicted molar refractivity (Wildman–Crippen MR) is 91.9 cm³/mol. The molecular formula is C19H24N2O. The number of para-hydroxylation sites is 1. The first-order chi connectivity index (χ1) is 10.4. The van der Waals surface area contributed by atoms with Crippen LogP contribution in [0.4, 0.5) is 5.69 Å². The minimum absolute atomic E-state index is 0.0343. The second kappa shape index (κ2) is 6.75. The lowest BCUT2D eigenvalue weighted by atomic mass is 9.86. The molecule has 3 heteroatoms. The number of hydrogen-bond acceptors (Lipinski definition) is 2. The molecule has 2 aromatic rings. The second-order valence-electron chi connectivity index (χ2n) is 6.58. The second-order valence-corrected chi connectivity index (χ2v) is 6.58. The average molecular weight is 296 g/mol. The number of nitrogens with two attached hydrogens (primary N) is 1. The van der Waals surface area contributed by atoms with Crippen LogP contribution in [-0.2, 0) is 16.6 Å². The van der Waals surface area contributed by atoms with Gasteiger partial charge in [-0.1, -0.05) is 69.3 Å². The number of nitrogens with one attached hydrogen (secondary N) is 1. The highest BCUT2D eigenvalue weighted by Crippen LogP contribution is 2.29. The van der Waals surface area contributed by atoms with E-state index in [-0.39, 0.29) is 11.3 Å². The minimum atomic E-state index is -0.560. The first kappa shape index (κ1) is 16.2. The van der Waals surface area contributed by atoms with E-state index in [4.69, 9.17) is 5.73 Å². The van der Waals surface area contributed by atoms with Gasteiger partial charge in [0.1, 0.15) is 0 Å². The lowest BCUT2D eigenvalue weighted by molar-refractivity contribution is -0.117. The Morgan fingerprint density at radius 2 is 1.64 bits per heavy atom. The summed E-state index contributed by atoms with van der Waals surface area (Å²) in [5.74, 6) is -0.152. The quantitative estimate of drug-likeness (QED) is 0.907. The normalized spacial score (nSPS) is 12.7. The van der Waals surface area contributed by atoms with Gasteiger partial charge < -0.3 is 11.1 Å². The fourth-order valence-corrected chi connectivity index (χ4v) is 2.43. The molecule has 0 fully saturated rings. The lowest BCUT2D eigenvalue weighted by Crippen LogP contribution is -2.38. The van der Waals surface area contributed by atoms with Crippen LogP contribution in [0.2, 0.25) is 0 Å². The van der Waals surface area contributed by atoms with E-state index in [1.807, 2.05) is 54.6 Å². The van der Waals surface area contributed by atoms with Crippen LogP contribution in [0.3, 0.4) is 0 Å². The highest BCUT2D eigenvalue weighted by Gasteiger charge is 2.20.